The third-order valence-corrected chi connectivity index (χ3v) is 5.66. The van der Waals surface area contributed by atoms with Crippen LogP contribution in [0.3, 0.4) is 0 Å². The topological polar surface area (TPSA) is 124 Å². The highest BCUT2D eigenvalue weighted by molar-refractivity contribution is 5.98. The van der Waals surface area contributed by atoms with Crippen molar-refractivity contribution in [2.24, 2.45) is 0 Å². The second-order valence-corrected chi connectivity index (χ2v) is 7.95. The molecule has 0 saturated carbocycles. The fraction of sp³-hybridized carbons (Fsp3) is 0.250. The zero-order valence-corrected chi connectivity index (χ0v) is 19.3. The summed E-state index contributed by atoms with van der Waals surface area (Å²) in [4.78, 5) is 36.0. The summed E-state index contributed by atoms with van der Waals surface area (Å²) >= 11 is 0. The number of hydrogen-bond donors (Lipinski definition) is 2. The highest BCUT2D eigenvalue weighted by Crippen LogP contribution is 2.26. The number of aryl methyl sites for hydroxylation is 1. The third kappa shape index (κ3) is 4.53. The van der Waals surface area contributed by atoms with Crippen molar-refractivity contribution in [2.45, 2.75) is 6.92 Å². The van der Waals surface area contributed by atoms with E-state index in [1.165, 1.54) is 11.8 Å². The van der Waals surface area contributed by atoms with Gasteiger partial charge in [0.15, 0.2) is 11.4 Å². The molecule has 0 radical (unpaired) electrons. The van der Waals surface area contributed by atoms with Gasteiger partial charge in [-0.25, -0.2) is 9.78 Å². The van der Waals surface area contributed by atoms with E-state index in [1.54, 1.807) is 47.5 Å². The molecule has 11 nitrogen and oxygen atoms in total. The molecule has 1 aliphatic rings. The number of hydrogen-bond acceptors (Lipinski definition) is 9. The van der Waals surface area contributed by atoms with Crippen LogP contribution in [0.4, 0.5) is 17.5 Å². The lowest BCUT2D eigenvalue weighted by molar-refractivity contribution is 0.0301. The zero-order chi connectivity index (χ0) is 24.4. The molecule has 2 N–H and O–H groups in total. The summed E-state index contributed by atoms with van der Waals surface area (Å²) in [6.45, 7) is 3.89. The van der Waals surface area contributed by atoms with E-state index in [4.69, 9.17) is 13.9 Å². The van der Waals surface area contributed by atoms with Crippen LogP contribution in [0.25, 0.3) is 11.1 Å². The van der Waals surface area contributed by atoms with Gasteiger partial charge < -0.3 is 24.1 Å². The second kappa shape index (κ2) is 9.47. The Hall–Kier alpha value is -4.38. The molecule has 0 bridgehead atoms. The Morgan fingerprint density at radius 3 is 2.74 bits per heavy atom. The molecule has 180 valence electrons. The highest BCUT2D eigenvalue weighted by Gasteiger charge is 2.22. The van der Waals surface area contributed by atoms with Crippen molar-refractivity contribution in [3.8, 4) is 5.75 Å². The van der Waals surface area contributed by atoms with Gasteiger partial charge in [0.05, 0.1) is 25.9 Å². The summed E-state index contributed by atoms with van der Waals surface area (Å²) in [6, 6.07) is 12.3. The molecule has 35 heavy (non-hydrogen) atoms. The van der Waals surface area contributed by atoms with E-state index in [-0.39, 0.29) is 11.9 Å². The fourth-order valence-electron chi connectivity index (χ4n) is 3.81. The van der Waals surface area contributed by atoms with Gasteiger partial charge in [-0.1, -0.05) is 12.1 Å². The molecule has 1 saturated heterocycles. The van der Waals surface area contributed by atoms with Crippen molar-refractivity contribution < 1.29 is 18.7 Å². The average Bonchev–Trinajstić information content (AvgIpc) is 3.20. The molecule has 11 heteroatoms. The number of morpholine rings is 1. The minimum Gasteiger partial charge on any atom is -0.496 e. The number of carbonyl (C=O) groups excluding carboxylic acids is 1. The van der Waals surface area contributed by atoms with Gasteiger partial charge in [-0.15, -0.1) is 0 Å². The molecule has 2 aromatic carbocycles. The van der Waals surface area contributed by atoms with Crippen LogP contribution >= 0.6 is 0 Å². The Balaban J connectivity index is 1.42. The van der Waals surface area contributed by atoms with Gasteiger partial charge in [0.1, 0.15) is 11.3 Å². The molecular formula is C24H24N6O5. The zero-order valence-electron chi connectivity index (χ0n) is 19.3. The van der Waals surface area contributed by atoms with Gasteiger partial charge in [0, 0.05) is 30.5 Å². The van der Waals surface area contributed by atoms with E-state index in [0.717, 1.165) is 5.56 Å². The number of rotatable bonds is 6. The van der Waals surface area contributed by atoms with Crippen LogP contribution in [-0.4, -0.2) is 58.9 Å². The number of nitrogens with one attached hydrogen (secondary N) is 2. The number of benzene rings is 2. The number of methoxy groups -OCH3 is 1. The number of anilines is 3. The van der Waals surface area contributed by atoms with Crippen molar-refractivity contribution in [2.75, 3.05) is 44.2 Å². The molecule has 1 amide bonds. The predicted molar refractivity (Wildman–Crippen MR) is 129 cm³/mol. The maximum atomic E-state index is 13.1. The Labute approximate surface area is 200 Å². The molecule has 4 aromatic rings. The first kappa shape index (κ1) is 22.4. The van der Waals surface area contributed by atoms with Crippen LogP contribution in [-0.2, 0) is 4.74 Å². The van der Waals surface area contributed by atoms with Gasteiger partial charge >= 0.3 is 5.76 Å². The molecule has 0 unspecified atom stereocenters. The Morgan fingerprint density at radius 2 is 1.94 bits per heavy atom. The summed E-state index contributed by atoms with van der Waals surface area (Å²) in [6.07, 6.45) is 1.63. The Bertz CT molecular complexity index is 1440. The van der Waals surface area contributed by atoms with Crippen molar-refractivity contribution in [3.05, 3.63) is 70.3 Å². The van der Waals surface area contributed by atoms with Crippen LogP contribution in [0.15, 0.2) is 57.9 Å². The summed E-state index contributed by atoms with van der Waals surface area (Å²) in [5.74, 6) is 0.501. The van der Waals surface area contributed by atoms with Crippen LogP contribution in [0.2, 0.25) is 0 Å². The van der Waals surface area contributed by atoms with Crippen LogP contribution < -0.4 is 21.2 Å². The Morgan fingerprint density at radius 1 is 1.14 bits per heavy atom. The molecule has 2 aromatic heterocycles. The summed E-state index contributed by atoms with van der Waals surface area (Å²) < 4.78 is 17.3. The first-order chi connectivity index (χ1) is 17.0. The van der Waals surface area contributed by atoms with E-state index < -0.39 is 5.76 Å². The molecule has 1 fully saturated rings. The lowest BCUT2D eigenvalue weighted by Gasteiger charge is -2.27. The quantitative estimate of drug-likeness (QED) is 0.432. The lowest BCUT2D eigenvalue weighted by atomic mass is 10.1. The number of ether oxygens (including phenoxy) is 2. The smallest absolute Gasteiger partial charge is 0.439 e. The highest BCUT2D eigenvalue weighted by atomic mass is 16.5. The van der Waals surface area contributed by atoms with E-state index in [2.05, 4.69) is 20.7 Å². The third-order valence-electron chi connectivity index (χ3n) is 5.66. The monoisotopic (exact) mass is 476 g/mol. The minimum atomic E-state index is -0.555. The number of carbonyl (C=O) groups is 1. The Kier molecular flexibility index (Phi) is 6.06. The van der Waals surface area contributed by atoms with E-state index in [0.29, 0.717) is 60.2 Å². The minimum absolute atomic E-state index is 0.132. The normalized spacial score (nSPS) is 13.6. The standard InChI is InChI=1S/C24H24N6O5/c1-15-14-25-23(27-21(15)28-30-18-5-3-4-6-20(18)35-24(30)32)26-16-7-8-19(33-2)17(13-16)22(31)29-9-11-34-12-10-29/h3-8,13-14H,9-12H2,1-2H3,(H2,25,26,27,28). The van der Waals surface area contributed by atoms with Crippen molar-refractivity contribution in [3.63, 3.8) is 0 Å². The summed E-state index contributed by atoms with van der Waals surface area (Å²) in [7, 11) is 1.53. The first-order valence-corrected chi connectivity index (χ1v) is 11.1. The summed E-state index contributed by atoms with van der Waals surface area (Å²) in [5, 5.41) is 3.13. The molecule has 1 aliphatic heterocycles. The maximum absolute atomic E-state index is 13.1. The molecular weight excluding hydrogens is 452 g/mol. The van der Waals surface area contributed by atoms with Crippen LogP contribution in [0, 0.1) is 6.92 Å². The molecule has 5 rings (SSSR count). The number of oxazole rings is 1. The van der Waals surface area contributed by atoms with Gasteiger partial charge in [0.2, 0.25) is 5.95 Å². The number of aromatic nitrogens is 3. The van der Waals surface area contributed by atoms with Gasteiger partial charge in [0.25, 0.3) is 5.91 Å². The van der Waals surface area contributed by atoms with Gasteiger partial charge in [-0.2, -0.15) is 9.66 Å². The first-order valence-electron chi connectivity index (χ1n) is 11.1. The second-order valence-electron chi connectivity index (χ2n) is 7.95. The van der Waals surface area contributed by atoms with Crippen LogP contribution in [0.1, 0.15) is 15.9 Å². The number of para-hydroxylation sites is 2. The van der Waals surface area contributed by atoms with E-state index in [1.807, 2.05) is 13.0 Å². The lowest BCUT2D eigenvalue weighted by Crippen LogP contribution is -2.40. The largest absolute Gasteiger partial charge is 0.496 e. The van der Waals surface area contributed by atoms with Crippen molar-refractivity contribution in [1.82, 2.24) is 19.5 Å². The van der Waals surface area contributed by atoms with Crippen LogP contribution in [0.5, 0.6) is 5.75 Å². The molecule has 0 spiro atoms. The van der Waals surface area contributed by atoms with Gasteiger partial charge in [-0.3, -0.25) is 10.2 Å². The van der Waals surface area contributed by atoms with Crippen molar-refractivity contribution in [1.29, 1.82) is 0 Å². The predicted octanol–water partition coefficient (Wildman–Crippen LogP) is 2.79. The molecule has 0 aliphatic carbocycles. The number of amides is 1. The van der Waals surface area contributed by atoms with E-state index in [9.17, 15) is 9.59 Å². The average molecular weight is 476 g/mol. The van der Waals surface area contributed by atoms with E-state index >= 15 is 0 Å². The SMILES string of the molecule is COc1ccc(Nc2ncc(C)c(Nn3c(=O)oc4ccccc43)n2)cc1C(=O)N1CCOCC1. The van der Waals surface area contributed by atoms with Gasteiger partial charge in [-0.05, 0) is 37.3 Å². The maximum Gasteiger partial charge on any atom is 0.439 e. The van der Waals surface area contributed by atoms with Crippen molar-refractivity contribution >= 4 is 34.5 Å². The fourth-order valence-corrected chi connectivity index (χ4v) is 3.81. The molecule has 3 heterocycles. The number of nitrogens with zero attached hydrogens (tertiary/aromatic N) is 4. The summed E-state index contributed by atoms with van der Waals surface area (Å²) in [5.41, 5.74) is 5.83. The number of fused-ring (bicyclic) bond motifs is 1. The molecule has 0 atom stereocenters.